The molecule has 0 bridgehead atoms. The van der Waals surface area contributed by atoms with Gasteiger partial charge in [0.1, 0.15) is 0 Å². The lowest BCUT2D eigenvalue weighted by Gasteiger charge is -2.18. The van der Waals surface area contributed by atoms with E-state index < -0.39 is 0 Å². The molecule has 0 fully saturated rings. The molecular formula is C48H42N4. The number of hydrogen-bond acceptors (Lipinski definition) is 3. The molecule has 1 heterocycles. The summed E-state index contributed by atoms with van der Waals surface area (Å²) in [6, 6.07) is 54.1. The molecule has 4 nitrogen and oxygen atoms in total. The van der Waals surface area contributed by atoms with E-state index in [-0.39, 0.29) is 0 Å². The maximum Gasteiger partial charge on any atom is 0.0849 e. The summed E-state index contributed by atoms with van der Waals surface area (Å²) in [6.07, 6.45) is 9.55. The molecular weight excluding hydrogens is 633 g/mol. The van der Waals surface area contributed by atoms with Crippen molar-refractivity contribution < 1.29 is 0 Å². The summed E-state index contributed by atoms with van der Waals surface area (Å²) < 4.78 is 2.42. The third-order valence-corrected chi connectivity index (χ3v) is 9.99. The van der Waals surface area contributed by atoms with Crippen LogP contribution in [0.15, 0.2) is 169 Å². The molecule has 0 saturated carbocycles. The van der Waals surface area contributed by atoms with Crippen LogP contribution in [0.3, 0.4) is 0 Å². The summed E-state index contributed by atoms with van der Waals surface area (Å²) in [5.41, 5.74) is 15.4. The third kappa shape index (κ3) is 6.59. The Labute approximate surface area is 306 Å². The van der Waals surface area contributed by atoms with Crippen LogP contribution in [0.4, 0.5) is 5.69 Å². The molecule has 1 aliphatic carbocycles. The first-order valence-electron chi connectivity index (χ1n) is 18.0. The van der Waals surface area contributed by atoms with Gasteiger partial charge >= 0.3 is 0 Å². The second kappa shape index (κ2) is 14.8. The normalized spacial score (nSPS) is 14.1. The number of nitrogens with one attached hydrogen (secondary N) is 2. The molecule has 7 aromatic rings. The molecule has 254 valence electrons. The highest BCUT2D eigenvalue weighted by Gasteiger charge is 2.24. The minimum Gasteiger partial charge on any atom is -0.367 e. The highest BCUT2D eigenvalue weighted by Crippen LogP contribution is 2.43. The van der Waals surface area contributed by atoms with Crippen LogP contribution in [0.25, 0.3) is 61.7 Å². The minimum atomic E-state index is 0.432. The van der Waals surface area contributed by atoms with Gasteiger partial charge in [-0.05, 0) is 93.8 Å². The Morgan fingerprint density at radius 1 is 0.712 bits per heavy atom. The minimum absolute atomic E-state index is 0.432. The Kier molecular flexibility index (Phi) is 9.36. The average molecular weight is 675 g/mol. The summed E-state index contributed by atoms with van der Waals surface area (Å²) in [6.45, 7) is 2.87. The standard InChI is InChI=1S/C48H42N4/c1-34-14-12-23-46-48(34)43-31-42(38-17-8-4-9-18-38)45(32-47(43)52(46)41-21-10-5-11-22-41)51-33-50-44(28-29-49-2)40-20-13-19-39(30-40)37-26-24-36(25-27-37)35-15-6-3-7-16-35/h3-13,15-32,34,50-51H,14,33H2,1-2H3. The van der Waals surface area contributed by atoms with E-state index in [1.807, 2.05) is 12.3 Å². The van der Waals surface area contributed by atoms with E-state index in [0.29, 0.717) is 12.6 Å². The lowest BCUT2D eigenvalue weighted by atomic mass is 9.89. The van der Waals surface area contributed by atoms with Crippen LogP contribution in [0.2, 0.25) is 0 Å². The zero-order valence-corrected chi connectivity index (χ0v) is 29.6. The van der Waals surface area contributed by atoms with Crippen LogP contribution >= 0.6 is 0 Å². The van der Waals surface area contributed by atoms with E-state index in [0.717, 1.165) is 28.9 Å². The van der Waals surface area contributed by atoms with Crippen molar-refractivity contribution in [1.29, 1.82) is 0 Å². The first-order chi connectivity index (χ1) is 25.7. The van der Waals surface area contributed by atoms with Crippen LogP contribution in [-0.4, -0.2) is 24.5 Å². The maximum atomic E-state index is 4.28. The summed E-state index contributed by atoms with van der Waals surface area (Å²) in [5, 5.41) is 8.80. The lowest BCUT2D eigenvalue weighted by molar-refractivity contribution is 0.773. The number of anilines is 1. The third-order valence-electron chi connectivity index (χ3n) is 9.99. The largest absolute Gasteiger partial charge is 0.367 e. The average Bonchev–Trinajstić information content (AvgIpc) is 3.54. The first kappa shape index (κ1) is 32.8. The number of aromatic nitrogens is 1. The fourth-order valence-corrected chi connectivity index (χ4v) is 7.41. The molecule has 1 atom stereocenters. The lowest BCUT2D eigenvalue weighted by Crippen LogP contribution is -2.21. The maximum absolute atomic E-state index is 4.28. The van der Waals surface area contributed by atoms with E-state index in [2.05, 4.69) is 191 Å². The number of para-hydroxylation sites is 1. The smallest absolute Gasteiger partial charge is 0.0849 e. The number of fused-ring (bicyclic) bond motifs is 3. The molecule has 0 radical (unpaired) electrons. The second-order valence-corrected chi connectivity index (χ2v) is 13.3. The Bertz CT molecular complexity index is 2400. The molecule has 1 aliphatic rings. The van der Waals surface area contributed by atoms with Crippen molar-refractivity contribution in [2.75, 3.05) is 19.0 Å². The van der Waals surface area contributed by atoms with Crippen LogP contribution in [0.1, 0.15) is 36.1 Å². The Morgan fingerprint density at radius 2 is 1.35 bits per heavy atom. The number of hydrogen-bond donors (Lipinski definition) is 2. The summed E-state index contributed by atoms with van der Waals surface area (Å²) in [5.74, 6) is 0.432. The van der Waals surface area contributed by atoms with Gasteiger partial charge in [-0.25, -0.2) is 0 Å². The second-order valence-electron chi connectivity index (χ2n) is 13.3. The highest BCUT2D eigenvalue weighted by atomic mass is 15.1. The Morgan fingerprint density at radius 3 is 2.06 bits per heavy atom. The Hall–Kier alpha value is -6.39. The van der Waals surface area contributed by atoms with Crippen molar-refractivity contribution in [1.82, 2.24) is 9.88 Å². The predicted molar refractivity (Wildman–Crippen MR) is 222 cm³/mol. The molecule has 0 spiro atoms. The predicted octanol–water partition coefficient (Wildman–Crippen LogP) is 11.9. The molecule has 1 unspecified atom stereocenters. The number of nitrogens with zero attached hydrogens (tertiary/aromatic N) is 2. The van der Waals surface area contributed by atoms with E-state index >= 15 is 0 Å². The van der Waals surface area contributed by atoms with Gasteiger partial charge in [-0.2, -0.15) is 0 Å². The van der Waals surface area contributed by atoms with Gasteiger partial charge in [0.2, 0.25) is 0 Å². The molecule has 52 heavy (non-hydrogen) atoms. The molecule has 4 heteroatoms. The highest BCUT2D eigenvalue weighted by molar-refractivity contribution is 5.99. The summed E-state index contributed by atoms with van der Waals surface area (Å²) >= 11 is 0. The van der Waals surface area contributed by atoms with Gasteiger partial charge in [0, 0.05) is 47.0 Å². The van der Waals surface area contributed by atoms with Crippen LogP contribution in [0.5, 0.6) is 0 Å². The molecule has 2 N–H and O–H groups in total. The van der Waals surface area contributed by atoms with Gasteiger partial charge in [-0.15, -0.1) is 0 Å². The van der Waals surface area contributed by atoms with Crippen molar-refractivity contribution in [3.05, 3.63) is 181 Å². The van der Waals surface area contributed by atoms with Crippen molar-refractivity contribution in [3.8, 4) is 39.1 Å². The first-order valence-corrected chi connectivity index (χ1v) is 18.0. The SMILES string of the molecule is CN=CC=C(NCNc1cc2c(cc1-c1ccccc1)c1c(n2-c2ccccc2)C=CCC1C)c1cccc(-c2ccc(-c3ccccc3)cc2)c1. The molecule has 8 rings (SSSR count). The van der Waals surface area contributed by atoms with E-state index in [1.54, 1.807) is 7.05 Å². The van der Waals surface area contributed by atoms with Crippen LogP contribution in [-0.2, 0) is 0 Å². The zero-order chi connectivity index (χ0) is 35.3. The summed E-state index contributed by atoms with van der Waals surface area (Å²) in [7, 11) is 1.80. The van der Waals surface area contributed by atoms with Crippen molar-refractivity contribution in [2.45, 2.75) is 19.3 Å². The number of rotatable bonds is 10. The van der Waals surface area contributed by atoms with Gasteiger partial charge in [0.05, 0.1) is 12.2 Å². The fraction of sp³-hybridized carbons (Fsp3) is 0.104. The Balaban J connectivity index is 1.13. The molecule has 0 amide bonds. The van der Waals surface area contributed by atoms with Gasteiger partial charge in [0.25, 0.3) is 0 Å². The number of benzene rings is 6. The van der Waals surface area contributed by atoms with Crippen LogP contribution in [0, 0.1) is 0 Å². The topological polar surface area (TPSA) is 41.4 Å². The van der Waals surface area contributed by atoms with E-state index in [4.69, 9.17) is 0 Å². The molecule has 6 aromatic carbocycles. The van der Waals surface area contributed by atoms with Crippen molar-refractivity contribution >= 4 is 34.6 Å². The van der Waals surface area contributed by atoms with Crippen molar-refractivity contribution in [2.24, 2.45) is 4.99 Å². The quantitative estimate of drug-likeness (QED) is 0.112. The van der Waals surface area contributed by atoms with Gasteiger partial charge in [-0.3, -0.25) is 4.99 Å². The van der Waals surface area contributed by atoms with Gasteiger partial charge < -0.3 is 15.2 Å². The van der Waals surface area contributed by atoms with Gasteiger partial charge in [0.15, 0.2) is 0 Å². The van der Waals surface area contributed by atoms with Crippen LogP contribution < -0.4 is 10.6 Å². The number of allylic oxidation sites excluding steroid dienone is 2. The van der Waals surface area contributed by atoms with E-state index in [1.165, 1.54) is 55.7 Å². The monoisotopic (exact) mass is 674 g/mol. The van der Waals surface area contributed by atoms with Gasteiger partial charge in [-0.1, -0.05) is 134 Å². The fourth-order valence-electron chi connectivity index (χ4n) is 7.41. The zero-order valence-electron chi connectivity index (χ0n) is 29.6. The number of aliphatic imine (C=N–C) groups is 1. The molecule has 0 saturated heterocycles. The van der Waals surface area contributed by atoms with Crippen molar-refractivity contribution in [3.63, 3.8) is 0 Å². The van der Waals surface area contributed by atoms with E-state index in [9.17, 15) is 0 Å². The molecule has 1 aromatic heterocycles. The molecule has 0 aliphatic heterocycles. The summed E-state index contributed by atoms with van der Waals surface area (Å²) in [4.78, 5) is 4.28.